The first-order valence-corrected chi connectivity index (χ1v) is 5.53. The first-order valence-electron chi connectivity index (χ1n) is 3.95. The van der Waals surface area contributed by atoms with E-state index in [1.807, 2.05) is 0 Å². The third-order valence-electron chi connectivity index (χ3n) is 1.94. The predicted octanol–water partition coefficient (Wildman–Crippen LogP) is 3.79. The van der Waals surface area contributed by atoms with E-state index in [0.717, 1.165) is 0 Å². The number of ether oxygens (including phenoxy) is 1. The summed E-state index contributed by atoms with van der Waals surface area (Å²) in [6.07, 6.45) is 0. The fourth-order valence-electron chi connectivity index (χ4n) is 1.20. The van der Waals surface area contributed by atoms with Gasteiger partial charge in [0.1, 0.15) is 4.47 Å². The zero-order chi connectivity index (χ0) is 11.6. The number of methoxy groups -OCH3 is 1. The Bertz CT molecular complexity index is 466. The highest BCUT2D eigenvalue weighted by Crippen LogP contribution is 2.36. The van der Waals surface area contributed by atoms with Gasteiger partial charge in [-0.3, -0.25) is 0 Å². The standard InChI is InChI=1S/C9H7Br2N2O2/c1-4-7(9(14)15-2)5(10)3-6(11)8(4)13-12/h3H,1-2H3/q+1. The molecule has 1 aromatic carbocycles. The molecule has 0 radical (unpaired) electrons. The van der Waals surface area contributed by atoms with Crippen molar-refractivity contribution in [3.8, 4) is 0 Å². The molecule has 4 nitrogen and oxygen atoms in total. The molecular formula is C9H7Br2N2O2+. The van der Waals surface area contributed by atoms with E-state index in [1.165, 1.54) is 7.11 Å². The van der Waals surface area contributed by atoms with Gasteiger partial charge < -0.3 is 4.74 Å². The Morgan fingerprint density at radius 1 is 1.47 bits per heavy atom. The minimum atomic E-state index is -0.475. The number of hydrogen-bond acceptors (Lipinski definition) is 3. The topological polar surface area (TPSA) is 54.5 Å². The maximum Gasteiger partial charge on any atom is 0.402 e. The van der Waals surface area contributed by atoms with Crippen LogP contribution in [0.15, 0.2) is 15.0 Å². The second kappa shape index (κ2) is 4.73. The van der Waals surface area contributed by atoms with Crippen LogP contribution in [-0.2, 0) is 4.74 Å². The van der Waals surface area contributed by atoms with Crippen LogP contribution in [0, 0.1) is 12.3 Å². The van der Waals surface area contributed by atoms with Gasteiger partial charge in [0.25, 0.3) is 0 Å². The van der Waals surface area contributed by atoms with Crippen LogP contribution in [0.25, 0.3) is 4.98 Å². The van der Waals surface area contributed by atoms with Crippen molar-refractivity contribution in [1.82, 2.24) is 0 Å². The predicted molar refractivity (Wildman–Crippen MR) is 62.7 cm³/mol. The molecule has 0 unspecified atom stereocenters. The molecule has 78 valence electrons. The molecule has 1 rings (SSSR count). The Kier molecular flexibility index (Phi) is 3.83. The summed E-state index contributed by atoms with van der Waals surface area (Å²) in [7, 11) is 1.30. The van der Waals surface area contributed by atoms with Crippen LogP contribution in [-0.4, -0.2) is 13.1 Å². The first kappa shape index (κ1) is 12.1. The fraction of sp³-hybridized carbons (Fsp3) is 0.222. The number of carbonyl (C=O) groups excluding carboxylic acids is 1. The summed E-state index contributed by atoms with van der Waals surface area (Å²) in [4.78, 5) is 14.6. The lowest BCUT2D eigenvalue weighted by Crippen LogP contribution is -2.05. The molecule has 0 N–H and O–H groups in total. The molecule has 0 aromatic heterocycles. The zero-order valence-corrected chi connectivity index (χ0v) is 11.2. The minimum absolute atomic E-state index is 0.318. The third kappa shape index (κ3) is 2.19. The molecule has 0 aliphatic heterocycles. The van der Waals surface area contributed by atoms with E-state index in [1.54, 1.807) is 13.0 Å². The largest absolute Gasteiger partial charge is 0.465 e. The lowest BCUT2D eigenvalue weighted by Gasteiger charge is -2.04. The summed E-state index contributed by atoms with van der Waals surface area (Å²) in [5, 5.41) is 8.80. The van der Waals surface area contributed by atoms with Crippen molar-refractivity contribution in [1.29, 1.82) is 5.39 Å². The quantitative estimate of drug-likeness (QED) is 0.580. The van der Waals surface area contributed by atoms with Gasteiger partial charge >= 0.3 is 11.7 Å². The molecule has 0 saturated heterocycles. The molecule has 0 aliphatic carbocycles. The van der Waals surface area contributed by atoms with Gasteiger partial charge in [0.05, 0.1) is 18.2 Å². The summed E-state index contributed by atoms with van der Waals surface area (Å²) < 4.78 is 5.82. The average molecular weight is 335 g/mol. The third-order valence-corrected chi connectivity index (χ3v) is 3.17. The summed E-state index contributed by atoms with van der Waals surface area (Å²) in [6, 6.07) is 1.63. The van der Waals surface area contributed by atoms with Gasteiger partial charge in [0, 0.05) is 4.47 Å². The lowest BCUT2D eigenvalue weighted by atomic mass is 10.1. The highest BCUT2D eigenvalue weighted by Gasteiger charge is 2.25. The highest BCUT2D eigenvalue weighted by atomic mass is 79.9. The summed E-state index contributed by atoms with van der Waals surface area (Å²) in [6.45, 7) is 1.68. The van der Waals surface area contributed by atoms with E-state index in [-0.39, 0.29) is 0 Å². The molecule has 0 fully saturated rings. The Balaban J connectivity index is 3.54. The molecule has 0 saturated carbocycles. The van der Waals surface area contributed by atoms with E-state index < -0.39 is 5.97 Å². The number of diazo groups is 1. The van der Waals surface area contributed by atoms with Gasteiger partial charge in [-0.25, -0.2) is 4.79 Å². The second-order valence-electron chi connectivity index (χ2n) is 2.78. The maximum atomic E-state index is 11.4. The SMILES string of the molecule is COC(=O)c1c(Br)cc(Br)c([N+]#N)c1C. The smallest absolute Gasteiger partial charge is 0.402 e. The Hall–Kier alpha value is -0.930. The summed E-state index contributed by atoms with van der Waals surface area (Å²) >= 11 is 6.48. The van der Waals surface area contributed by atoms with E-state index in [0.29, 0.717) is 25.8 Å². The number of hydrogen-bond donors (Lipinski definition) is 0. The van der Waals surface area contributed by atoms with Crippen molar-refractivity contribution in [3.63, 3.8) is 0 Å². The van der Waals surface area contributed by atoms with Gasteiger partial charge in [0.15, 0.2) is 4.98 Å². The van der Waals surface area contributed by atoms with Gasteiger partial charge in [-0.05, 0) is 44.8 Å². The number of halogens is 2. The van der Waals surface area contributed by atoms with Crippen molar-refractivity contribution < 1.29 is 9.53 Å². The van der Waals surface area contributed by atoms with Crippen molar-refractivity contribution in [2.45, 2.75) is 6.92 Å². The average Bonchev–Trinajstić information content (AvgIpc) is 2.17. The Labute approximate surface area is 103 Å². The molecule has 0 spiro atoms. The molecule has 0 aliphatic rings. The van der Waals surface area contributed by atoms with E-state index in [2.05, 4.69) is 41.6 Å². The summed E-state index contributed by atoms with van der Waals surface area (Å²) in [5.41, 5.74) is 1.22. The molecule has 0 amide bonds. The Morgan fingerprint density at radius 3 is 2.53 bits per heavy atom. The first-order chi connectivity index (χ1) is 7.02. The monoisotopic (exact) mass is 333 g/mol. The van der Waals surface area contributed by atoms with Crippen LogP contribution in [0.5, 0.6) is 0 Å². The molecule has 0 bridgehead atoms. The van der Waals surface area contributed by atoms with Crippen LogP contribution >= 0.6 is 31.9 Å². The highest BCUT2D eigenvalue weighted by molar-refractivity contribution is 9.11. The van der Waals surface area contributed by atoms with Crippen LogP contribution in [0.4, 0.5) is 5.69 Å². The Morgan fingerprint density at radius 2 is 2.07 bits per heavy atom. The zero-order valence-electron chi connectivity index (χ0n) is 8.04. The fourth-order valence-corrected chi connectivity index (χ4v) is 2.80. The van der Waals surface area contributed by atoms with Crippen LogP contribution in [0.2, 0.25) is 0 Å². The normalized spacial score (nSPS) is 9.53. The van der Waals surface area contributed by atoms with Gasteiger partial charge in [0.2, 0.25) is 5.39 Å². The minimum Gasteiger partial charge on any atom is -0.465 e. The van der Waals surface area contributed by atoms with E-state index >= 15 is 0 Å². The number of carbonyl (C=O) groups is 1. The van der Waals surface area contributed by atoms with Crippen LogP contribution in [0.1, 0.15) is 15.9 Å². The van der Waals surface area contributed by atoms with Gasteiger partial charge in [-0.1, -0.05) is 0 Å². The molecule has 1 aromatic rings. The van der Waals surface area contributed by atoms with Crippen molar-refractivity contribution >= 4 is 43.5 Å². The molecule has 6 heteroatoms. The van der Waals surface area contributed by atoms with Crippen molar-refractivity contribution in [2.75, 3.05) is 7.11 Å². The molecular weight excluding hydrogens is 328 g/mol. The molecule has 0 atom stereocenters. The summed E-state index contributed by atoms with van der Waals surface area (Å²) in [5.74, 6) is -0.475. The van der Waals surface area contributed by atoms with Crippen LogP contribution in [0.3, 0.4) is 0 Å². The number of benzene rings is 1. The van der Waals surface area contributed by atoms with Crippen molar-refractivity contribution in [2.24, 2.45) is 0 Å². The number of esters is 1. The maximum absolute atomic E-state index is 11.4. The van der Waals surface area contributed by atoms with E-state index in [4.69, 9.17) is 5.39 Å². The molecule has 0 heterocycles. The van der Waals surface area contributed by atoms with Gasteiger partial charge in [-0.15, -0.1) is 0 Å². The van der Waals surface area contributed by atoms with E-state index in [9.17, 15) is 4.79 Å². The number of nitrogens with zero attached hydrogens (tertiary/aromatic N) is 2. The van der Waals surface area contributed by atoms with Crippen molar-refractivity contribution in [3.05, 3.63) is 31.1 Å². The second-order valence-corrected chi connectivity index (χ2v) is 4.49. The lowest BCUT2D eigenvalue weighted by molar-refractivity contribution is 0.0599. The number of rotatable bonds is 1. The van der Waals surface area contributed by atoms with Crippen LogP contribution < -0.4 is 0 Å². The van der Waals surface area contributed by atoms with Gasteiger partial charge in [-0.2, -0.15) is 0 Å². The molecule has 15 heavy (non-hydrogen) atoms.